The summed E-state index contributed by atoms with van der Waals surface area (Å²) in [5.41, 5.74) is 6.29. The van der Waals surface area contributed by atoms with E-state index in [-0.39, 0.29) is 0 Å². The van der Waals surface area contributed by atoms with Crippen molar-refractivity contribution >= 4 is 28.3 Å². The summed E-state index contributed by atoms with van der Waals surface area (Å²) in [7, 11) is 0. The van der Waals surface area contributed by atoms with E-state index in [0.29, 0.717) is 24.0 Å². The third-order valence-electron chi connectivity index (χ3n) is 1.88. The van der Waals surface area contributed by atoms with Gasteiger partial charge in [0.2, 0.25) is 5.88 Å². The average Bonchev–Trinajstić information content (AvgIpc) is 2.68. The molecule has 0 aromatic carbocycles. The molecule has 0 spiro atoms. The molecule has 0 aliphatic heterocycles. The van der Waals surface area contributed by atoms with E-state index < -0.39 is 0 Å². The molecule has 0 aliphatic carbocycles. The third kappa shape index (κ3) is 2.08. The maximum atomic E-state index is 5.90. The Labute approximate surface area is 106 Å². The second-order valence-corrected chi connectivity index (χ2v) is 4.20. The van der Waals surface area contributed by atoms with Crippen molar-refractivity contribution in [3.05, 3.63) is 22.3 Å². The highest BCUT2D eigenvalue weighted by atomic mass is 127. The Balaban J connectivity index is 2.45. The monoisotopic (exact) mass is 331 g/mol. The number of nitrogens with two attached hydrogens (primary N) is 1. The van der Waals surface area contributed by atoms with Crippen LogP contribution in [0.2, 0.25) is 0 Å². The van der Waals surface area contributed by atoms with Crippen molar-refractivity contribution in [2.75, 3.05) is 12.3 Å². The zero-order chi connectivity index (χ0) is 11.5. The first-order chi connectivity index (χ1) is 7.72. The Morgan fingerprint density at radius 1 is 1.50 bits per heavy atom. The lowest BCUT2D eigenvalue weighted by atomic mass is 10.4. The van der Waals surface area contributed by atoms with Crippen LogP contribution in [0.25, 0.3) is 5.82 Å². The van der Waals surface area contributed by atoms with Gasteiger partial charge in [-0.25, -0.2) is 9.67 Å². The largest absolute Gasteiger partial charge is 0.476 e. The molecule has 0 amide bonds. The van der Waals surface area contributed by atoms with E-state index >= 15 is 0 Å². The molecule has 0 fully saturated rings. The number of rotatable bonds is 3. The molecule has 6 nitrogen and oxygen atoms in total. The quantitative estimate of drug-likeness (QED) is 0.857. The van der Waals surface area contributed by atoms with Crippen LogP contribution in [0, 0.1) is 3.57 Å². The predicted molar refractivity (Wildman–Crippen MR) is 67.5 cm³/mol. The van der Waals surface area contributed by atoms with Gasteiger partial charge >= 0.3 is 0 Å². The van der Waals surface area contributed by atoms with Crippen LogP contribution in [0.5, 0.6) is 5.88 Å². The van der Waals surface area contributed by atoms with Crippen molar-refractivity contribution in [2.45, 2.75) is 6.92 Å². The number of hydrogen-bond donors (Lipinski definition) is 1. The first-order valence-electron chi connectivity index (χ1n) is 4.66. The molecular formula is C9H10IN5O. The smallest absolute Gasteiger partial charge is 0.242 e. The van der Waals surface area contributed by atoms with Crippen LogP contribution in [0.4, 0.5) is 5.69 Å². The van der Waals surface area contributed by atoms with E-state index in [9.17, 15) is 0 Å². The van der Waals surface area contributed by atoms with Crippen LogP contribution in [0.15, 0.2) is 18.7 Å². The number of hydrogen-bond acceptors (Lipinski definition) is 5. The van der Waals surface area contributed by atoms with Crippen molar-refractivity contribution in [3.63, 3.8) is 0 Å². The third-order valence-corrected chi connectivity index (χ3v) is 2.43. The molecular weight excluding hydrogens is 321 g/mol. The summed E-state index contributed by atoms with van der Waals surface area (Å²) in [6, 6.07) is 0. The molecule has 0 unspecified atom stereocenters. The van der Waals surface area contributed by atoms with Crippen LogP contribution in [-0.4, -0.2) is 26.4 Å². The van der Waals surface area contributed by atoms with Crippen molar-refractivity contribution in [3.8, 4) is 11.7 Å². The average molecular weight is 331 g/mol. The molecule has 2 N–H and O–H groups in total. The van der Waals surface area contributed by atoms with Crippen LogP contribution < -0.4 is 10.5 Å². The summed E-state index contributed by atoms with van der Waals surface area (Å²) < 4.78 is 7.89. The topological polar surface area (TPSA) is 78.9 Å². The minimum atomic E-state index is 0.387. The molecule has 0 bridgehead atoms. The Morgan fingerprint density at radius 3 is 2.94 bits per heavy atom. The van der Waals surface area contributed by atoms with Crippen LogP contribution in [-0.2, 0) is 0 Å². The minimum absolute atomic E-state index is 0.387. The first kappa shape index (κ1) is 11.1. The number of ether oxygens (including phenoxy) is 1. The van der Waals surface area contributed by atoms with Crippen LogP contribution in [0.1, 0.15) is 6.92 Å². The van der Waals surface area contributed by atoms with Gasteiger partial charge in [0.05, 0.1) is 16.4 Å². The lowest BCUT2D eigenvalue weighted by Crippen LogP contribution is -2.07. The van der Waals surface area contributed by atoms with Crippen molar-refractivity contribution < 1.29 is 4.74 Å². The Bertz CT molecular complexity index is 498. The fraction of sp³-hybridized carbons (Fsp3) is 0.222. The molecule has 0 aliphatic rings. The summed E-state index contributed by atoms with van der Waals surface area (Å²) in [6.07, 6.45) is 4.96. The molecule has 2 rings (SSSR count). The minimum Gasteiger partial charge on any atom is -0.476 e. The van der Waals surface area contributed by atoms with Gasteiger partial charge in [-0.15, -0.1) is 0 Å². The molecule has 2 aromatic heterocycles. The molecule has 16 heavy (non-hydrogen) atoms. The van der Waals surface area contributed by atoms with E-state index in [1.807, 2.05) is 13.1 Å². The van der Waals surface area contributed by atoms with Gasteiger partial charge in [-0.05, 0) is 29.5 Å². The highest BCUT2D eigenvalue weighted by Gasteiger charge is 2.11. The number of anilines is 1. The number of halogens is 1. The van der Waals surface area contributed by atoms with Crippen molar-refractivity contribution in [1.82, 2.24) is 19.7 Å². The molecule has 0 saturated carbocycles. The molecule has 84 valence electrons. The van der Waals surface area contributed by atoms with Gasteiger partial charge in [0, 0.05) is 6.20 Å². The van der Waals surface area contributed by atoms with E-state index in [0.717, 1.165) is 3.57 Å². The molecule has 0 atom stereocenters. The molecule has 2 aromatic rings. The first-order valence-corrected chi connectivity index (χ1v) is 5.74. The summed E-state index contributed by atoms with van der Waals surface area (Å²) in [6.45, 7) is 2.38. The summed E-state index contributed by atoms with van der Waals surface area (Å²) >= 11 is 2.17. The fourth-order valence-corrected chi connectivity index (χ4v) is 1.61. The second-order valence-electron chi connectivity index (χ2n) is 2.95. The van der Waals surface area contributed by atoms with E-state index in [4.69, 9.17) is 10.5 Å². The predicted octanol–water partition coefficient (Wildman–Crippen LogP) is 1.25. The Hall–Kier alpha value is -1.38. The van der Waals surface area contributed by atoms with Gasteiger partial charge in [0.25, 0.3) is 0 Å². The normalized spacial score (nSPS) is 10.4. The van der Waals surface area contributed by atoms with Gasteiger partial charge < -0.3 is 10.5 Å². The van der Waals surface area contributed by atoms with Crippen molar-refractivity contribution in [2.24, 2.45) is 0 Å². The van der Waals surface area contributed by atoms with Gasteiger partial charge in [0.1, 0.15) is 12.0 Å². The maximum absolute atomic E-state index is 5.90. The maximum Gasteiger partial charge on any atom is 0.242 e. The molecule has 0 saturated heterocycles. The standard InChI is InChI=1S/C9H10IN5O/c1-2-16-9-7(11)8(12-5-13-9)15-4-6(10)3-14-15/h3-5H,2,11H2,1H3. The number of nitrogens with zero attached hydrogens (tertiary/aromatic N) is 4. The second kappa shape index (κ2) is 4.64. The Kier molecular flexibility index (Phi) is 3.22. The summed E-state index contributed by atoms with van der Waals surface area (Å²) in [5.74, 6) is 0.916. The number of aromatic nitrogens is 4. The van der Waals surface area contributed by atoms with Crippen LogP contribution >= 0.6 is 22.6 Å². The zero-order valence-electron chi connectivity index (χ0n) is 8.59. The summed E-state index contributed by atoms with van der Waals surface area (Å²) in [5, 5.41) is 4.13. The zero-order valence-corrected chi connectivity index (χ0v) is 10.7. The Morgan fingerprint density at radius 2 is 2.31 bits per heavy atom. The van der Waals surface area contributed by atoms with Gasteiger partial charge in [-0.3, -0.25) is 0 Å². The van der Waals surface area contributed by atoms with Gasteiger partial charge in [-0.2, -0.15) is 10.1 Å². The van der Waals surface area contributed by atoms with Gasteiger partial charge in [-0.1, -0.05) is 0 Å². The fourth-order valence-electron chi connectivity index (χ4n) is 1.22. The van der Waals surface area contributed by atoms with E-state index in [2.05, 4.69) is 37.7 Å². The highest BCUT2D eigenvalue weighted by Crippen LogP contribution is 2.23. The SMILES string of the molecule is CCOc1ncnc(-n2cc(I)cn2)c1N. The molecule has 0 radical (unpaired) electrons. The lowest BCUT2D eigenvalue weighted by molar-refractivity contribution is 0.328. The van der Waals surface area contributed by atoms with Gasteiger partial charge in [0.15, 0.2) is 5.82 Å². The highest BCUT2D eigenvalue weighted by molar-refractivity contribution is 14.1. The summed E-state index contributed by atoms with van der Waals surface area (Å²) in [4.78, 5) is 8.05. The van der Waals surface area contributed by atoms with Crippen LogP contribution in [0.3, 0.4) is 0 Å². The number of nitrogen functional groups attached to an aromatic ring is 1. The molecule has 7 heteroatoms. The van der Waals surface area contributed by atoms with E-state index in [1.165, 1.54) is 6.33 Å². The van der Waals surface area contributed by atoms with Crippen molar-refractivity contribution in [1.29, 1.82) is 0 Å². The van der Waals surface area contributed by atoms with E-state index in [1.54, 1.807) is 10.9 Å². The lowest BCUT2D eigenvalue weighted by Gasteiger charge is -2.08. The molecule has 2 heterocycles.